The fourth-order valence-electron chi connectivity index (χ4n) is 3.49. The summed E-state index contributed by atoms with van der Waals surface area (Å²) in [5.74, 6) is 0.556. The molecule has 2 atom stereocenters. The fourth-order valence-corrected chi connectivity index (χ4v) is 3.49. The zero-order valence-corrected chi connectivity index (χ0v) is 16.6. The monoisotopic (exact) mass is 377 g/mol. The van der Waals surface area contributed by atoms with Gasteiger partial charge in [0.2, 0.25) is 5.95 Å². The molecule has 2 heterocycles. The van der Waals surface area contributed by atoms with E-state index in [0.717, 1.165) is 42.5 Å². The molecule has 2 aromatic rings. The van der Waals surface area contributed by atoms with Crippen LogP contribution in [-0.4, -0.2) is 42.4 Å². The van der Waals surface area contributed by atoms with Crippen LogP contribution in [0.3, 0.4) is 0 Å². The van der Waals surface area contributed by atoms with E-state index >= 15 is 0 Å². The quantitative estimate of drug-likeness (QED) is 0.799. The minimum atomic E-state index is -0.287. The Bertz CT molecular complexity index is 818. The van der Waals surface area contributed by atoms with Crippen LogP contribution in [0.5, 0.6) is 0 Å². The number of carbonyl (C=O) groups excluding carboxylic acids is 1. The predicted octanol–water partition coefficient (Wildman–Crippen LogP) is 2.99. The molecule has 1 fully saturated rings. The lowest BCUT2D eigenvalue weighted by atomic mass is 9.90. The van der Waals surface area contributed by atoms with E-state index in [-0.39, 0.29) is 17.7 Å². The minimum Gasteiger partial charge on any atom is -0.347 e. The molecular formula is C22H27N5O. The van der Waals surface area contributed by atoms with Crippen molar-refractivity contribution in [3.63, 3.8) is 0 Å². The van der Waals surface area contributed by atoms with Crippen LogP contribution >= 0.6 is 0 Å². The van der Waals surface area contributed by atoms with Crippen LogP contribution in [0.2, 0.25) is 0 Å². The second kappa shape index (κ2) is 9.43. The highest BCUT2D eigenvalue weighted by molar-refractivity contribution is 5.84. The van der Waals surface area contributed by atoms with E-state index in [0.29, 0.717) is 18.8 Å². The lowest BCUT2D eigenvalue weighted by molar-refractivity contribution is -0.122. The van der Waals surface area contributed by atoms with E-state index in [9.17, 15) is 10.1 Å². The first-order valence-electron chi connectivity index (χ1n) is 9.81. The highest BCUT2D eigenvalue weighted by atomic mass is 16.1. The lowest BCUT2D eigenvalue weighted by Crippen LogP contribution is -2.41. The van der Waals surface area contributed by atoms with Gasteiger partial charge < -0.3 is 10.2 Å². The van der Waals surface area contributed by atoms with Crippen molar-refractivity contribution in [2.45, 2.75) is 38.1 Å². The molecule has 0 amide bonds. The number of hydrogen-bond acceptors (Lipinski definition) is 6. The molecular weight excluding hydrogens is 350 g/mol. The zero-order valence-electron chi connectivity index (χ0n) is 16.6. The summed E-state index contributed by atoms with van der Waals surface area (Å²) < 4.78 is 0. The summed E-state index contributed by atoms with van der Waals surface area (Å²) >= 11 is 0. The topological polar surface area (TPSA) is 81.9 Å². The van der Waals surface area contributed by atoms with Crippen LogP contribution in [0.25, 0.3) is 11.1 Å². The van der Waals surface area contributed by atoms with Gasteiger partial charge in [-0.2, -0.15) is 5.26 Å². The summed E-state index contributed by atoms with van der Waals surface area (Å²) in [7, 11) is 3.81. The number of anilines is 1. The first-order chi connectivity index (χ1) is 13.6. The van der Waals surface area contributed by atoms with Gasteiger partial charge in [0.25, 0.3) is 0 Å². The Morgan fingerprint density at radius 2 is 1.93 bits per heavy atom. The minimum absolute atomic E-state index is 0.0721. The van der Waals surface area contributed by atoms with Crippen LogP contribution in [0.1, 0.15) is 31.2 Å². The predicted molar refractivity (Wildman–Crippen MR) is 110 cm³/mol. The molecule has 1 aromatic carbocycles. The second-order valence-electron chi connectivity index (χ2n) is 7.57. The van der Waals surface area contributed by atoms with Gasteiger partial charge in [-0.05, 0) is 36.9 Å². The maximum absolute atomic E-state index is 12.4. The smallest absolute Gasteiger partial charge is 0.224 e. The molecule has 0 saturated carbocycles. The molecule has 28 heavy (non-hydrogen) atoms. The molecule has 6 heteroatoms. The largest absolute Gasteiger partial charge is 0.347 e. The molecule has 1 aromatic heterocycles. The van der Waals surface area contributed by atoms with Crippen molar-refractivity contribution in [1.82, 2.24) is 15.3 Å². The van der Waals surface area contributed by atoms with E-state index in [1.165, 1.54) is 0 Å². The molecule has 146 valence electrons. The number of nitrogens with zero attached hydrogens (tertiary/aromatic N) is 4. The SMILES string of the molecule is CN(C)c1ncc(-c2ccc(C[C@@H](C#N)CC(=O)[C@@H]3CCCCN3)cc2)cn1. The number of ketones is 1. The number of carbonyl (C=O) groups is 1. The summed E-state index contributed by atoms with van der Waals surface area (Å²) in [5.41, 5.74) is 3.04. The maximum atomic E-state index is 12.4. The molecule has 1 N–H and O–H groups in total. The van der Waals surface area contributed by atoms with E-state index < -0.39 is 0 Å². The Balaban J connectivity index is 1.60. The molecule has 1 aliphatic rings. The molecule has 6 nitrogen and oxygen atoms in total. The summed E-state index contributed by atoms with van der Waals surface area (Å²) in [4.78, 5) is 23.0. The number of Topliss-reactive ketones (excluding diaryl/α,β-unsaturated/α-hetero) is 1. The Morgan fingerprint density at radius 1 is 1.21 bits per heavy atom. The van der Waals surface area contributed by atoms with Crippen LogP contribution in [0.4, 0.5) is 5.95 Å². The Morgan fingerprint density at radius 3 is 2.50 bits per heavy atom. The van der Waals surface area contributed by atoms with Gasteiger partial charge in [-0.25, -0.2) is 9.97 Å². The Kier molecular flexibility index (Phi) is 6.72. The van der Waals surface area contributed by atoms with Crippen LogP contribution < -0.4 is 10.2 Å². The molecule has 0 unspecified atom stereocenters. The van der Waals surface area contributed by atoms with Crippen molar-refractivity contribution in [2.24, 2.45) is 5.92 Å². The van der Waals surface area contributed by atoms with E-state index in [1.54, 1.807) is 0 Å². The van der Waals surface area contributed by atoms with E-state index in [4.69, 9.17) is 0 Å². The zero-order chi connectivity index (χ0) is 19.9. The fraction of sp³-hybridized carbons (Fsp3) is 0.455. The van der Waals surface area contributed by atoms with Gasteiger partial charge in [-0.1, -0.05) is 30.7 Å². The van der Waals surface area contributed by atoms with Gasteiger partial charge in [-0.15, -0.1) is 0 Å². The average Bonchev–Trinajstić information content (AvgIpc) is 2.74. The third-order valence-electron chi connectivity index (χ3n) is 5.14. The lowest BCUT2D eigenvalue weighted by Gasteiger charge is -2.23. The van der Waals surface area contributed by atoms with E-state index in [2.05, 4.69) is 21.4 Å². The summed E-state index contributed by atoms with van der Waals surface area (Å²) in [6.07, 6.45) is 7.62. The molecule has 1 aliphatic heterocycles. The summed E-state index contributed by atoms with van der Waals surface area (Å²) in [6, 6.07) is 10.3. The second-order valence-corrected chi connectivity index (χ2v) is 7.57. The highest BCUT2D eigenvalue weighted by Gasteiger charge is 2.23. The number of aromatic nitrogens is 2. The van der Waals surface area contributed by atoms with Gasteiger partial charge >= 0.3 is 0 Å². The van der Waals surface area contributed by atoms with Crippen molar-refractivity contribution in [3.05, 3.63) is 42.2 Å². The van der Waals surface area contributed by atoms with Gasteiger partial charge in [0, 0.05) is 38.5 Å². The molecule has 0 bridgehead atoms. The molecule has 0 spiro atoms. The number of rotatable bonds is 7. The Hall–Kier alpha value is -2.78. The first-order valence-corrected chi connectivity index (χ1v) is 9.81. The molecule has 1 saturated heterocycles. The number of nitriles is 1. The van der Waals surface area contributed by atoms with Gasteiger partial charge in [-0.3, -0.25) is 4.79 Å². The van der Waals surface area contributed by atoms with Gasteiger partial charge in [0.1, 0.15) is 0 Å². The van der Waals surface area contributed by atoms with Crippen molar-refractivity contribution in [1.29, 1.82) is 5.26 Å². The third kappa shape index (κ3) is 5.14. The summed E-state index contributed by atoms with van der Waals surface area (Å²) in [5, 5.41) is 12.8. The van der Waals surface area contributed by atoms with Crippen LogP contribution in [0.15, 0.2) is 36.7 Å². The van der Waals surface area contributed by atoms with Gasteiger partial charge in [0.05, 0.1) is 18.0 Å². The van der Waals surface area contributed by atoms with E-state index in [1.807, 2.05) is 55.7 Å². The van der Waals surface area contributed by atoms with Crippen molar-refractivity contribution in [3.8, 4) is 17.2 Å². The molecule has 0 radical (unpaired) electrons. The van der Waals surface area contributed by atoms with Crippen molar-refractivity contribution >= 4 is 11.7 Å². The Labute approximate surface area is 166 Å². The normalized spacial score (nSPS) is 17.5. The third-order valence-corrected chi connectivity index (χ3v) is 5.14. The molecule has 3 rings (SSSR count). The first kappa shape index (κ1) is 20.0. The number of benzene rings is 1. The van der Waals surface area contributed by atoms with Gasteiger partial charge in [0.15, 0.2) is 5.78 Å². The van der Waals surface area contributed by atoms with Crippen LogP contribution in [0, 0.1) is 17.2 Å². The van der Waals surface area contributed by atoms with Crippen molar-refractivity contribution in [2.75, 3.05) is 25.5 Å². The standard InChI is InChI=1S/C22H27N5O/c1-27(2)22-25-14-19(15-26-22)18-8-6-16(7-9-18)11-17(13-23)12-21(28)20-5-3-4-10-24-20/h6-9,14-15,17,20,24H,3-5,10-12H2,1-2H3/t17-,20+/m1/s1. The van der Waals surface area contributed by atoms with Crippen LogP contribution in [-0.2, 0) is 11.2 Å². The highest BCUT2D eigenvalue weighted by Crippen LogP contribution is 2.22. The number of piperidine rings is 1. The molecule has 0 aliphatic carbocycles. The number of nitrogens with one attached hydrogen (secondary N) is 1. The average molecular weight is 377 g/mol. The summed E-state index contributed by atoms with van der Waals surface area (Å²) in [6.45, 7) is 0.897. The van der Waals surface area contributed by atoms with Crippen molar-refractivity contribution < 1.29 is 4.79 Å². The maximum Gasteiger partial charge on any atom is 0.224 e. The number of hydrogen-bond donors (Lipinski definition) is 1.